The van der Waals surface area contributed by atoms with Crippen LogP contribution in [0.25, 0.3) is 0 Å². The van der Waals surface area contributed by atoms with Crippen LogP contribution in [0.2, 0.25) is 0 Å². The van der Waals surface area contributed by atoms with Crippen LogP contribution in [0.3, 0.4) is 0 Å². The van der Waals surface area contributed by atoms with E-state index in [9.17, 15) is 9.59 Å². The zero-order valence-electron chi connectivity index (χ0n) is 6.02. The number of carbonyl (C=O) groups is 2. The van der Waals surface area contributed by atoms with E-state index in [0.29, 0.717) is 19.4 Å². The fourth-order valence-corrected chi connectivity index (χ4v) is 1.22. The first kappa shape index (κ1) is 7.25. The van der Waals surface area contributed by atoms with E-state index in [0.717, 1.165) is 0 Å². The van der Waals surface area contributed by atoms with Crippen molar-refractivity contribution in [1.82, 2.24) is 5.32 Å². The lowest BCUT2D eigenvalue weighted by molar-refractivity contribution is -0.119. The van der Waals surface area contributed by atoms with Crippen LogP contribution in [-0.2, 0) is 9.59 Å². The van der Waals surface area contributed by atoms with Crippen LogP contribution < -0.4 is 5.32 Å². The van der Waals surface area contributed by atoms with E-state index >= 15 is 0 Å². The summed E-state index contributed by atoms with van der Waals surface area (Å²) in [6.45, 7) is 2.24. The number of carbonyl (C=O) groups excluding carboxylic acids is 2. The summed E-state index contributed by atoms with van der Waals surface area (Å²) in [6.07, 6.45) is 1.07. The van der Waals surface area contributed by atoms with Gasteiger partial charge in [0.15, 0.2) is 0 Å². The molecule has 0 aromatic carbocycles. The molecule has 3 nitrogen and oxygen atoms in total. The van der Waals surface area contributed by atoms with Crippen LogP contribution in [0.4, 0.5) is 0 Å². The van der Waals surface area contributed by atoms with Crippen LogP contribution >= 0.6 is 0 Å². The van der Waals surface area contributed by atoms with Gasteiger partial charge in [0.05, 0.1) is 0 Å². The van der Waals surface area contributed by atoms with E-state index in [4.69, 9.17) is 0 Å². The highest BCUT2D eigenvalue weighted by atomic mass is 16.2. The third-order valence-corrected chi connectivity index (χ3v) is 1.64. The highest BCUT2D eigenvalue weighted by Crippen LogP contribution is 2.12. The number of ketones is 1. The van der Waals surface area contributed by atoms with E-state index in [1.165, 1.54) is 0 Å². The summed E-state index contributed by atoms with van der Waals surface area (Å²) in [6, 6.07) is 0. The minimum atomic E-state index is 0.0752. The summed E-state index contributed by atoms with van der Waals surface area (Å²) in [5, 5.41) is 2.68. The maximum atomic E-state index is 10.6. The normalized spacial score (nSPS) is 24.5. The van der Waals surface area contributed by atoms with E-state index < -0.39 is 0 Å². The Kier molecular flexibility index (Phi) is 2.04. The smallest absolute Gasteiger partial charge is 0.220 e. The van der Waals surface area contributed by atoms with Gasteiger partial charge in [0, 0.05) is 19.4 Å². The van der Waals surface area contributed by atoms with Gasteiger partial charge in [-0.25, -0.2) is 0 Å². The molecule has 1 aliphatic rings. The van der Waals surface area contributed by atoms with Gasteiger partial charge in [-0.1, -0.05) is 0 Å². The number of Topliss-reactive ketones (excluding diaryl/α,β-unsaturated/α-hetero) is 1. The van der Waals surface area contributed by atoms with Crippen LogP contribution in [0.5, 0.6) is 0 Å². The Bertz CT molecular complexity index is 165. The summed E-state index contributed by atoms with van der Waals surface area (Å²) in [5.41, 5.74) is 0. The molecular weight excluding hydrogens is 130 g/mol. The molecule has 3 heteroatoms. The van der Waals surface area contributed by atoms with Crippen molar-refractivity contribution in [2.24, 2.45) is 5.92 Å². The molecule has 1 atom stereocenters. The molecule has 56 valence electrons. The molecule has 0 spiro atoms. The Balaban J connectivity index is 2.31. The van der Waals surface area contributed by atoms with Crippen molar-refractivity contribution < 1.29 is 9.59 Å². The largest absolute Gasteiger partial charge is 0.356 e. The molecule has 1 fully saturated rings. The van der Waals surface area contributed by atoms with Gasteiger partial charge in [-0.15, -0.1) is 0 Å². The van der Waals surface area contributed by atoms with Crippen molar-refractivity contribution in [3.63, 3.8) is 0 Å². The van der Waals surface area contributed by atoms with Gasteiger partial charge in [-0.3, -0.25) is 4.79 Å². The van der Waals surface area contributed by atoms with Gasteiger partial charge >= 0.3 is 0 Å². The first-order chi connectivity index (χ1) is 4.68. The molecule has 1 heterocycles. The van der Waals surface area contributed by atoms with E-state index in [2.05, 4.69) is 5.32 Å². The predicted molar refractivity (Wildman–Crippen MR) is 36.4 cm³/mol. The quantitative estimate of drug-likeness (QED) is 0.593. The van der Waals surface area contributed by atoms with Gasteiger partial charge in [0.2, 0.25) is 5.91 Å². The predicted octanol–water partition coefficient (Wildman–Crippen LogP) is 0.102. The van der Waals surface area contributed by atoms with Gasteiger partial charge in [-0.05, 0) is 12.8 Å². The molecule has 0 unspecified atom stereocenters. The molecule has 0 aromatic rings. The summed E-state index contributed by atoms with van der Waals surface area (Å²) < 4.78 is 0. The maximum absolute atomic E-state index is 10.6. The molecule has 0 saturated carbocycles. The first-order valence-corrected chi connectivity index (χ1v) is 3.44. The van der Waals surface area contributed by atoms with Crippen LogP contribution in [0, 0.1) is 5.92 Å². The van der Waals surface area contributed by atoms with Gasteiger partial charge in [0.1, 0.15) is 5.78 Å². The SMILES string of the molecule is CC(=O)C[C@H]1CNC(=O)C1. The fraction of sp³-hybridized carbons (Fsp3) is 0.714. The Morgan fingerprint density at radius 2 is 2.50 bits per heavy atom. The number of hydrogen-bond acceptors (Lipinski definition) is 2. The summed E-state index contributed by atoms with van der Waals surface area (Å²) >= 11 is 0. The molecule has 1 amide bonds. The van der Waals surface area contributed by atoms with Crippen molar-refractivity contribution in [1.29, 1.82) is 0 Å². The van der Waals surface area contributed by atoms with Crippen LogP contribution in [0.1, 0.15) is 19.8 Å². The lowest BCUT2D eigenvalue weighted by atomic mass is 10.0. The zero-order valence-corrected chi connectivity index (χ0v) is 6.02. The van der Waals surface area contributed by atoms with E-state index in [-0.39, 0.29) is 17.6 Å². The van der Waals surface area contributed by atoms with Crippen molar-refractivity contribution in [3.05, 3.63) is 0 Å². The minimum absolute atomic E-state index is 0.0752. The molecule has 0 bridgehead atoms. The molecular formula is C7H11NO2. The molecule has 0 radical (unpaired) electrons. The van der Waals surface area contributed by atoms with Gasteiger partial charge < -0.3 is 10.1 Å². The second kappa shape index (κ2) is 2.82. The lowest BCUT2D eigenvalue weighted by Crippen LogP contribution is -2.14. The number of hydrogen-bond donors (Lipinski definition) is 1. The Labute approximate surface area is 59.8 Å². The van der Waals surface area contributed by atoms with Gasteiger partial charge in [0.25, 0.3) is 0 Å². The topological polar surface area (TPSA) is 46.2 Å². The Morgan fingerprint density at radius 3 is 2.90 bits per heavy atom. The van der Waals surface area contributed by atoms with Crippen molar-refractivity contribution in [2.75, 3.05) is 6.54 Å². The summed E-state index contributed by atoms with van der Waals surface area (Å²) in [5.74, 6) is 0.498. The molecule has 1 N–H and O–H groups in total. The summed E-state index contributed by atoms with van der Waals surface area (Å²) in [7, 11) is 0. The Hall–Kier alpha value is -0.860. The van der Waals surface area contributed by atoms with Crippen LogP contribution in [0.15, 0.2) is 0 Å². The highest BCUT2D eigenvalue weighted by molar-refractivity contribution is 5.81. The fourth-order valence-electron chi connectivity index (χ4n) is 1.22. The molecule has 1 aliphatic heterocycles. The monoisotopic (exact) mass is 141 g/mol. The third-order valence-electron chi connectivity index (χ3n) is 1.64. The summed E-state index contributed by atoms with van der Waals surface area (Å²) in [4.78, 5) is 21.2. The standard InChI is InChI=1S/C7H11NO2/c1-5(9)2-6-3-7(10)8-4-6/h6H,2-4H2,1H3,(H,8,10)/t6-/m1/s1. The lowest BCUT2D eigenvalue weighted by Gasteiger charge is -2.00. The molecule has 0 aliphatic carbocycles. The molecule has 10 heavy (non-hydrogen) atoms. The average molecular weight is 141 g/mol. The first-order valence-electron chi connectivity index (χ1n) is 3.44. The number of nitrogens with one attached hydrogen (secondary N) is 1. The molecule has 0 aromatic heterocycles. The molecule has 1 rings (SSSR count). The second-order valence-electron chi connectivity index (χ2n) is 2.78. The molecule has 1 saturated heterocycles. The number of amides is 1. The average Bonchev–Trinajstić information content (AvgIpc) is 2.13. The van der Waals surface area contributed by atoms with Crippen molar-refractivity contribution >= 4 is 11.7 Å². The van der Waals surface area contributed by atoms with E-state index in [1.807, 2.05) is 0 Å². The highest BCUT2D eigenvalue weighted by Gasteiger charge is 2.21. The number of rotatable bonds is 2. The second-order valence-corrected chi connectivity index (χ2v) is 2.78. The van der Waals surface area contributed by atoms with Gasteiger partial charge in [-0.2, -0.15) is 0 Å². The van der Waals surface area contributed by atoms with E-state index in [1.54, 1.807) is 6.92 Å². The maximum Gasteiger partial charge on any atom is 0.220 e. The zero-order chi connectivity index (χ0) is 7.56. The van der Waals surface area contributed by atoms with Crippen molar-refractivity contribution in [2.45, 2.75) is 19.8 Å². The minimum Gasteiger partial charge on any atom is -0.356 e. The Morgan fingerprint density at radius 1 is 1.80 bits per heavy atom. The van der Waals surface area contributed by atoms with Crippen LogP contribution in [-0.4, -0.2) is 18.2 Å². The third kappa shape index (κ3) is 1.83. The van der Waals surface area contributed by atoms with Crippen molar-refractivity contribution in [3.8, 4) is 0 Å².